The van der Waals surface area contributed by atoms with Crippen LogP contribution in [0.15, 0.2) is 29.2 Å². The van der Waals surface area contributed by atoms with Gasteiger partial charge in [0.1, 0.15) is 5.75 Å². The molecule has 0 aliphatic carbocycles. The third-order valence-corrected chi connectivity index (χ3v) is 8.33. The van der Waals surface area contributed by atoms with Gasteiger partial charge in [0.2, 0.25) is 0 Å². The van der Waals surface area contributed by atoms with Crippen LogP contribution < -0.4 is 10.1 Å². The summed E-state index contributed by atoms with van der Waals surface area (Å²) in [6.07, 6.45) is 1.83. The maximum Gasteiger partial charge on any atom is 0.183 e. The summed E-state index contributed by atoms with van der Waals surface area (Å²) >= 11 is 0. The smallest absolute Gasteiger partial charge is 0.183 e. The van der Waals surface area contributed by atoms with E-state index in [4.69, 9.17) is 4.74 Å². The van der Waals surface area contributed by atoms with Gasteiger partial charge in [-0.05, 0) is 51.1 Å². The zero-order valence-corrected chi connectivity index (χ0v) is 16.6. The van der Waals surface area contributed by atoms with E-state index in [1.165, 1.54) is 12.1 Å². The van der Waals surface area contributed by atoms with Crippen LogP contribution in [0.1, 0.15) is 33.6 Å². The Morgan fingerprint density at radius 3 is 2.40 bits per heavy atom. The molecule has 6 nitrogen and oxygen atoms in total. The van der Waals surface area contributed by atoms with E-state index in [2.05, 4.69) is 5.32 Å². The lowest BCUT2D eigenvalue weighted by Gasteiger charge is -2.20. The van der Waals surface area contributed by atoms with Crippen molar-refractivity contribution in [2.75, 3.05) is 18.1 Å². The second-order valence-electron chi connectivity index (χ2n) is 6.71. The fraction of sp³-hybridized carbons (Fsp3) is 0.647. The molecule has 25 heavy (non-hydrogen) atoms. The lowest BCUT2D eigenvalue weighted by atomic mass is 10.2. The summed E-state index contributed by atoms with van der Waals surface area (Å²) < 4.78 is 55.5. The minimum Gasteiger partial charge on any atom is -0.491 e. The number of nitrogens with one attached hydrogen (secondary N) is 1. The van der Waals surface area contributed by atoms with Gasteiger partial charge in [-0.3, -0.25) is 0 Å². The lowest BCUT2D eigenvalue weighted by Crippen LogP contribution is -2.43. The highest BCUT2D eigenvalue weighted by Gasteiger charge is 2.45. The zero-order valence-electron chi connectivity index (χ0n) is 14.9. The highest BCUT2D eigenvalue weighted by atomic mass is 32.2. The molecular formula is C17H27NO5S2. The molecule has 1 saturated heterocycles. The summed E-state index contributed by atoms with van der Waals surface area (Å²) in [5.41, 5.74) is 0. The highest BCUT2D eigenvalue weighted by Crippen LogP contribution is 2.27. The van der Waals surface area contributed by atoms with Gasteiger partial charge in [-0.15, -0.1) is 0 Å². The van der Waals surface area contributed by atoms with Gasteiger partial charge < -0.3 is 10.1 Å². The Labute approximate surface area is 150 Å². The minimum atomic E-state index is -3.74. The molecule has 2 atom stereocenters. The SMILES string of the molecule is CCCCN[C@H]1CS(=O)(=O)C[C@@H]1S(=O)(=O)c1ccc(OC(C)C)cc1. The molecule has 0 radical (unpaired) electrons. The Balaban J connectivity index is 2.23. The number of rotatable bonds is 8. The van der Waals surface area contributed by atoms with Crippen molar-refractivity contribution >= 4 is 19.7 Å². The molecular weight excluding hydrogens is 362 g/mol. The molecule has 0 bridgehead atoms. The van der Waals surface area contributed by atoms with E-state index in [0.717, 1.165) is 12.8 Å². The monoisotopic (exact) mass is 389 g/mol. The Kier molecular flexibility index (Phi) is 6.51. The largest absolute Gasteiger partial charge is 0.491 e. The number of unbranched alkanes of at least 4 members (excludes halogenated alkanes) is 1. The third kappa shape index (κ3) is 5.18. The fourth-order valence-electron chi connectivity index (χ4n) is 2.93. The van der Waals surface area contributed by atoms with Crippen LogP contribution in [0.5, 0.6) is 5.75 Å². The molecule has 0 saturated carbocycles. The Morgan fingerprint density at radius 2 is 1.84 bits per heavy atom. The van der Waals surface area contributed by atoms with Crippen molar-refractivity contribution in [2.45, 2.75) is 55.9 Å². The van der Waals surface area contributed by atoms with Crippen molar-refractivity contribution < 1.29 is 21.6 Å². The van der Waals surface area contributed by atoms with Gasteiger partial charge in [0.25, 0.3) is 0 Å². The van der Waals surface area contributed by atoms with Gasteiger partial charge >= 0.3 is 0 Å². The van der Waals surface area contributed by atoms with Crippen molar-refractivity contribution in [2.24, 2.45) is 0 Å². The Morgan fingerprint density at radius 1 is 1.20 bits per heavy atom. The molecule has 1 N–H and O–H groups in total. The Bertz CT molecular complexity index is 770. The lowest BCUT2D eigenvalue weighted by molar-refractivity contribution is 0.242. The average molecular weight is 390 g/mol. The second-order valence-corrected chi connectivity index (χ2v) is 11.0. The first-order valence-corrected chi connectivity index (χ1v) is 12.0. The minimum absolute atomic E-state index is 0.00502. The van der Waals surface area contributed by atoms with Crippen molar-refractivity contribution in [1.29, 1.82) is 0 Å². The molecule has 1 aliphatic rings. The molecule has 0 unspecified atom stereocenters. The van der Waals surface area contributed by atoms with Crippen LogP contribution in [0.2, 0.25) is 0 Å². The fourth-order valence-corrected chi connectivity index (χ4v) is 7.65. The Hall–Kier alpha value is -1.12. The molecule has 2 rings (SSSR count). The van der Waals surface area contributed by atoms with Crippen molar-refractivity contribution in [3.8, 4) is 5.75 Å². The molecule has 0 spiro atoms. The maximum atomic E-state index is 13.0. The van der Waals surface area contributed by atoms with E-state index in [0.29, 0.717) is 12.3 Å². The number of hydrogen-bond donors (Lipinski definition) is 1. The van der Waals surface area contributed by atoms with Gasteiger partial charge in [-0.1, -0.05) is 13.3 Å². The zero-order chi connectivity index (χ0) is 18.7. The van der Waals surface area contributed by atoms with Crippen molar-refractivity contribution in [3.05, 3.63) is 24.3 Å². The maximum absolute atomic E-state index is 13.0. The number of benzene rings is 1. The first-order valence-electron chi connectivity index (χ1n) is 8.60. The van der Waals surface area contributed by atoms with Crippen LogP contribution in [0.3, 0.4) is 0 Å². The summed E-state index contributed by atoms with van der Waals surface area (Å²) in [5.74, 6) is 0.129. The number of ether oxygens (including phenoxy) is 1. The van der Waals surface area contributed by atoms with E-state index in [1.54, 1.807) is 12.1 Å². The van der Waals surface area contributed by atoms with Gasteiger partial charge in [-0.25, -0.2) is 16.8 Å². The van der Waals surface area contributed by atoms with E-state index >= 15 is 0 Å². The molecule has 8 heteroatoms. The van der Waals surface area contributed by atoms with Gasteiger partial charge in [0.05, 0.1) is 27.8 Å². The van der Waals surface area contributed by atoms with Crippen molar-refractivity contribution in [3.63, 3.8) is 0 Å². The van der Waals surface area contributed by atoms with Crippen LogP contribution in [0.25, 0.3) is 0 Å². The van der Waals surface area contributed by atoms with Gasteiger partial charge in [0, 0.05) is 6.04 Å². The predicted octanol–water partition coefficient (Wildman–Crippen LogP) is 1.80. The van der Waals surface area contributed by atoms with E-state index in [-0.39, 0.29) is 22.5 Å². The third-order valence-electron chi connectivity index (χ3n) is 4.16. The van der Waals surface area contributed by atoms with Crippen LogP contribution >= 0.6 is 0 Å². The van der Waals surface area contributed by atoms with Gasteiger partial charge in [0.15, 0.2) is 19.7 Å². The molecule has 0 amide bonds. The molecule has 1 fully saturated rings. The van der Waals surface area contributed by atoms with E-state index in [9.17, 15) is 16.8 Å². The second kappa shape index (κ2) is 8.05. The summed E-state index contributed by atoms with van der Waals surface area (Å²) in [6, 6.07) is 5.63. The standard InChI is InChI=1S/C17H27NO5S2/c1-4-5-10-18-16-11-24(19,20)12-17(16)25(21,22)15-8-6-14(7-9-15)23-13(2)3/h6-9,13,16-18H,4-5,10-12H2,1-3H3/t16-,17-/m0/s1. The molecule has 0 aromatic heterocycles. The number of sulfone groups is 2. The van der Waals surface area contributed by atoms with Crippen LogP contribution in [0.4, 0.5) is 0 Å². The van der Waals surface area contributed by atoms with Crippen LogP contribution in [-0.4, -0.2) is 52.3 Å². The van der Waals surface area contributed by atoms with E-state index < -0.39 is 31.0 Å². The topological polar surface area (TPSA) is 89.5 Å². The van der Waals surface area contributed by atoms with Crippen LogP contribution in [-0.2, 0) is 19.7 Å². The molecule has 1 aliphatic heterocycles. The number of hydrogen-bond acceptors (Lipinski definition) is 6. The summed E-state index contributed by atoms with van der Waals surface area (Å²) in [6.45, 7) is 6.42. The van der Waals surface area contributed by atoms with Crippen molar-refractivity contribution in [1.82, 2.24) is 5.32 Å². The highest BCUT2D eigenvalue weighted by molar-refractivity contribution is 7.96. The van der Waals surface area contributed by atoms with Crippen LogP contribution in [0, 0.1) is 0 Å². The first kappa shape index (κ1) is 20.2. The molecule has 142 valence electrons. The first-order chi connectivity index (χ1) is 11.7. The quantitative estimate of drug-likeness (QED) is 0.682. The summed E-state index contributed by atoms with van der Waals surface area (Å²) in [7, 11) is -7.10. The summed E-state index contributed by atoms with van der Waals surface area (Å²) in [5, 5.41) is 2.17. The molecule has 1 heterocycles. The molecule has 1 aromatic carbocycles. The van der Waals surface area contributed by atoms with E-state index in [1.807, 2.05) is 20.8 Å². The summed E-state index contributed by atoms with van der Waals surface area (Å²) in [4.78, 5) is 0.132. The normalized spacial score (nSPS) is 23.0. The predicted molar refractivity (Wildman–Crippen MR) is 98.5 cm³/mol. The molecule has 1 aromatic rings. The average Bonchev–Trinajstić information content (AvgIpc) is 2.83. The van der Waals surface area contributed by atoms with Gasteiger partial charge in [-0.2, -0.15) is 0 Å².